The molecule has 0 aliphatic carbocycles. The van der Waals surface area contributed by atoms with E-state index in [2.05, 4.69) is 32.9 Å². The van der Waals surface area contributed by atoms with Crippen LogP contribution in [-0.4, -0.2) is 40.6 Å². The van der Waals surface area contributed by atoms with Crippen molar-refractivity contribution < 1.29 is 0 Å². The van der Waals surface area contributed by atoms with Gasteiger partial charge >= 0.3 is 0 Å². The highest BCUT2D eigenvalue weighted by atomic mass is 15.3. The number of imidazole rings is 1. The summed E-state index contributed by atoms with van der Waals surface area (Å²) in [4.78, 5) is 7.04. The number of hydrogen-bond donors (Lipinski definition) is 1. The van der Waals surface area contributed by atoms with E-state index in [1.165, 1.54) is 32.5 Å². The molecule has 3 aliphatic rings. The van der Waals surface area contributed by atoms with Gasteiger partial charge in [-0.1, -0.05) is 6.92 Å². The van der Waals surface area contributed by atoms with Gasteiger partial charge in [-0.15, -0.1) is 0 Å². The Morgan fingerprint density at radius 1 is 1.41 bits per heavy atom. The molecule has 17 heavy (non-hydrogen) atoms. The maximum Gasteiger partial charge on any atom is 0.203 e. The van der Waals surface area contributed by atoms with Crippen LogP contribution >= 0.6 is 0 Å². The van der Waals surface area contributed by atoms with Crippen molar-refractivity contribution in [2.24, 2.45) is 5.92 Å². The molecule has 0 spiro atoms. The standard InChI is InChI=1S/C13H22N4/c1-2-5-14-13-15-6-9-17(13)12-10-16-7-3-11(12)4-8-16/h6,9,11-12H,2-5,7-8,10H2,1H3,(H,14,15). The van der Waals surface area contributed by atoms with Crippen molar-refractivity contribution in [1.82, 2.24) is 14.5 Å². The molecule has 1 unspecified atom stereocenters. The van der Waals surface area contributed by atoms with Gasteiger partial charge in [-0.3, -0.25) is 0 Å². The minimum absolute atomic E-state index is 0.638. The SMILES string of the molecule is CCCNc1nccn1C1CN2CCC1CC2. The van der Waals surface area contributed by atoms with Crippen LogP contribution in [0.5, 0.6) is 0 Å². The van der Waals surface area contributed by atoms with Crippen LogP contribution in [0.25, 0.3) is 0 Å². The Morgan fingerprint density at radius 3 is 2.88 bits per heavy atom. The maximum absolute atomic E-state index is 4.45. The summed E-state index contributed by atoms with van der Waals surface area (Å²) in [6, 6.07) is 0.638. The largest absolute Gasteiger partial charge is 0.356 e. The van der Waals surface area contributed by atoms with Crippen molar-refractivity contribution in [3.05, 3.63) is 12.4 Å². The minimum Gasteiger partial charge on any atom is -0.356 e. The van der Waals surface area contributed by atoms with E-state index in [9.17, 15) is 0 Å². The lowest BCUT2D eigenvalue weighted by Gasteiger charge is -2.45. The van der Waals surface area contributed by atoms with Gasteiger partial charge in [0.1, 0.15) is 0 Å². The number of nitrogens with one attached hydrogen (secondary N) is 1. The molecule has 4 heterocycles. The Bertz CT molecular complexity index is 365. The molecule has 1 N–H and O–H groups in total. The number of fused-ring (bicyclic) bond motifs is 3. The summed E-state index contributed by atoms with van der Waals surface area (Å²) in [5.41, 5.74) is 0. The average Bonchev–Trinajstić information content (AvgIpc) is 2.86. The predicted molar refractivity (Wildman–Crippen MR) is 69.2 cm³/mol. The zero-order valence-electron chi connectivity index (χ0n) is 10.6. The average molecular weight is 234 g/mol. The second kappa shape index (κ2) is 4.69. The molecule has 1 aromatic rings. The van der Waals surface area contributed by atoms with Gasteiger partial charge in [0.05, 0.1) is 6.04 Å². The monoisotopic (exact) mass is 234 g/mol. The zero-order chi connectivity index (χ0) is 11.7. The lowest BCUT2D eigenvalue weighted by atomic mass is 9.84. The third kappa shape index (κ3) is 2.06. The van der Waals surface area contributed by atoms with Crippen LogP contribution in [0.2, 0.25) is 0 Å². The summed E-state index contributed by atoms with van der Waals surface area (Å²) in [5.74, 6) is 1.92. The Labute approximate surface area is 103 Å². The second-order valence-electron chi connectivity index (χ2n) is 5.29. The van der Waals surface area contributed by atoms with Crippen molar-refractivity contribution in [3.63, 3.8) is 0 Å². The first-order valence-corrected chi connectivity index (χ1v) is 6.87. The molecule has 4 heteroatoms. The fraction of sp³-hybridized carbons (Fsp3) is 0.769. The molecule has 4 nitrogen and oxygen atoms in total. The summed E-state index contributed by atoms with van der Waals surface area (Å²) in [5, 5.41) is 3.43. The molecule has 3 fully saturated rings. The predicted octanol–water partition coefficient (Wildman–Crippen LogP) is 1.97. The van der Waals surface area contributed by atoms with Crippen LogP contribution < -0.4 is 5.32 Å². The Balaban J connectivity index is 1.77. The lowest BCUT2D eigenvalue weighted by molar-refractivity contribution is 0.0579. The quantitative estimate of drug-likeness (QED) is 0.864. The first-order chi connectivity index (χ1) is 8.38. The van der Waals surface area contributed by atoms with Gasteiger partial charge in [0.2, 0.25) is 5.95 Å². The summed E-state index contributed by atoms with van der Waals surface area (Å²) in [6.45, 7) is 7.01. The smallest absolute Gasteiger partial charge is 0.203 e. The summed E-state index contributed by atoms with van der Waals surface area (Å²) in [6.07, 6.45) is 7.93. The number of hydrogen-bond acceptors (Lipinski definition) is 3. The topological polar surface area (TPSA) is 33.1 Å². The van der Waals surface area contributed by atoms with Gasteiger partial charge in [0.25, 0.3) is 0 Å². The molecule has 2 bridgehead atoms. The van der Waals surface area contributed by atoms with Gasteiger partial charge in [-0.05, 0) is 38.3 Å². The molecule has 1 atom stereocenters. The summed E-state index contributed by atoms with van der Waals surface area (Å²) >= 11 is 0. The second-order valence-corrected chi connectivity index (χ2v) is 5.29. The van der Waals surface area contributed by atoms with Gasteiger partial charge in [0, 0.05) is 25.5 Å². The molecular formula is C13H22N4. The van der Waals surface area contributed by atoms with Crippen molar-refractivity contribution in [3.8, 4) is 0 Å². The van der Waals surface area contributed by atoms with Gasteiger partial charge in [-0.2, -0.15) is 0 Å². The van der Waals surface area contributed by atoms with Crippen molar-refractivity contribution >= 4 is 5.95 Å². The van der Waals surface area contributed by atoms with Crippen molar-refractivity contribution in [1.29, 1.82) is 0 Å². The number of piperidine rings is 3. The van der Waals surface area contributed by atoms with Crippen LogP contribution in [0.1, 0.15) is 32.2 Å². The van der Waals surface area contributed by atoms with Gasteiger partial charge in [-0.25, -0.2) is 4.98 Å². The van der Waals surface area contributed by atoms with E-state index in [0.29, 0.717) is 6.04 Å². The Kier molecular flexibility index (Phi) is 3.05. The molecule has 3 saturated heterocycles. The Morgan fingerprint density at radius 2 is 2.24 bits per heavy atom. The number of aromatic nitrogens is 2. The van der Waals surface area contributed by atoms with Crippen LogP contribution in [0.4, 0.5) is 5.95 Å². The molecule has 1 aromatic heterocycles. The molecule has 3 aliphatic heterocycles. The van der Waals surface area contributed by atoms with Gasteiger partial charge in [0.15, 0.2) is 0 Å². The molecule has 4 rings (SSSR count). The summed E-state index contributed by atoms with van der Waals surface area (Å²) in [7, 11) is 0. The minimum atomic E-state index is 0.638. The van der Waals surface area contributed by atoms with Crippen LogP contribution in [0, 0.1) is 5.92 Å². The van der Waals surface area contributed by atoms with Crippen LogP contribution in [-0.2, 0) is 0 Å². The third-order valence-electron chi connectivity index (χ3n) is 4.18. The number of nitrogens with zero attached hydrogens (tertiary/aromatic N) is 3. The molecular weight excluding hydrogens is 212 g/mol. The normalized spacial score (nSPS) is 31.7. The fourth-order valence-corrected chi connectivity index (χ4v) is 3.20. The molecule has 0 saturated carbocycles. The highest BCUT2D eigenvalue weighted by molar-refractivity contribution is 5.27. The van der Waals surface area contributed by atoms with Crippen LogP contribution in [0.3, 0.4) is 0 Å². The zero-order valence-corrected chi connectivity index (χ0v) is 10.6. The maximum atomic E-state index is 4.45. The van der Waals surface area contributed by atoms with Crippen molar-refractivity contribution in [2.45, 2.75) is 32.2 Å². The first-order valence-electron chi connectivity index (χ1n) is 6.87. The van der Waals surface area contributed by atoms with E-state index in [1.807, 2.05) is 6.20 Å². The first kappa shape index (κ1) is 11.1. The van der Waals surface area contributed by atoms with E-state index in [0.717, 1.165) is 24.8 Å². The van der Waals surface area contributed by atoms with E-state index < -0.39 is 0 Å². The third-order valence-corrected chi connectivity index (χ3v) is 4.18. The van der Waals surface area contributed by atoms with E-state index in [-0.39, 0.29) is 0 Å². The molecule has 0 radical (unpaired) electrons. The highest BCUT2D eigenvalue weighted by Crippen LogP contribution is 2.36. The molecule has 94 valence electrons. The molecule has 0 amide bonds. The van der Waals surface area contributed by atoms with E-state index in [1.54, 1.807) is 0 Å². The summed E-state index contributed by atoms with van der Waals surface area (Å²) < 4.78 is 2.37. The Hall–Kier alpha value is -1.03. The van der Waals surface area contributed by atoms with Gasteiger partial charge < -0.3 is 14.8 Å². The number of anilines is 1. The fourth-order valence-electron chi connectivity index (χ4n) is 3.20. The van der Waals surface area contributed by atoms with E-state index >= 15 is 0 Å². The number of rotatable bonds is 4. The molecule has 0 aromatic carbocycles. The van der Waals surface area contributed by atoms with Crippen molar-refractivity contribution in [2.75, 3.05) is 31.5 Å². The van der Waals surface area contributed by atoms with Crippen LogP contribution in [0.15, 0.2) is 12.4 Å². The lowest BCUT2D eigenvalue weighted by Crippen LogP contribution is -2.48. The van der Waals surface area contributed by atoms with E-state index in [4.69, 9.17) is 0 Å². The highest BCUT2D eigenvalue weighted by Gasteiger charge is 2.35.